The number of carbonyl (C=O) groups is 1. The van der Waals surface area contributed by atoms with Crippen LogP contribution in [0.25, 0.3) is 0 Å². The molecule has 1 aromatic rings. The summed E-state index contributed by atoms with van der Waals surface area (Å²) >= 11 is 0. The fourth-order valence-corrected chi connectivity index (χ4v) is 3.66. The fraction of sp³-hybridized carbons (Fsp3) is 0.650. The summed E-state index contributed by atoms with van der Waals surface area (Å²) in [5.41, 5.74) is 1.11. The summed E-state index contributed by atoms with van der Waals surface area (Å²) in [7, 11) is 3.36. The third kappa shape index (κ3) is 5.57. The number of nitrogens with one attached hydrogen (secondary N) is 1. The monoisotopic (exact) mass is 377 g/mol. The summed E-state index contributed by atoms with van der Waals surface area (Å²) in [4.78, 5) is 16.7. The average molecular weight is 377 g/mol. The van der Waals surface area contributed by atoms with Crippen LogP contribution in [0.5, 0.6) is 11.5 Å². The Morgan fingerprint density at radius 3 is 2.70 bits per heavy atom. The molecular formula is C20H31N3O4. The molecule has 0 aromatic heterocycles. The van der Waals surface area contributed by atoms with E-state index in [9.17, 15) is 4.79 Å². The molecule has 0 bridgehead atoms. The average Bonchev–Trinajstić information content (AvgIpc) is 3.22. The Hall–Kier alpha value is -1.83. The molecule has 0 radical (unpaired) electrons. The van der Waals surface area contributed by atoms with Gasteiger partial charge in [0.05, 0.1) is 26.9 Å². The Balaban J connectivity index is 1.42. The number of hydrogen-bond acceptors (Lipinski definition) is 6. The Bertz CT molecular complexity index is 611. The molecule has 1 atom stereocenters. The molecule has 3 rings (SSSR count). The summed E-state index contributed by atoms with van der Waals surface area (Å²) in [6.07, 6.45) is 2.49. The maximum atomic E-state index is 12.4. The number of amides is 1. The van der Waals surface area contributed by atoms with Crippen LogP contribution in [0.15, 0.2) is 18.2 Å². The van der Waals surface area contributed by atoms with Gasteiger partial charge in [-0.05, 0) is 31.0 Å². The fourth-order valence-electron chi connectivity index (χ4n) is 3.66. The minimum absolute atomic E-state index is 0.173. The van der Waals surface area contributed by atoms with Crippen molar-refractivity contribution in [1.29, 1.82) is 0 Å². The second-order valence-electron chi connectivity index (χ2n) is 7.10. The Labute approximate surface area is 161 Å². The number of hydrogen-bond donors (Lipinski definition) is 1. The van der Waals surface area contributed by atoms with E-state index in [0.717, 1.165) is 75.8 Å². The van der Waals surface area contributed by atoms with Gasteiger partial charge in [-0.15, -0.1) is 0 Å². The highest BCUT2D eigenvalue weighted by atomic mass is 16.5. The highest BCUT2D eigenvalue weighted by molar-refractivity contribution is 5.78. The van der Waals surface area contributed by atoms with E-state index in [4.69, 9.17) is 14.2 Å². The largest absolute Gasteiger partial charge is 0.497 e. The topological polar surface area (TPSA) is 63.3 Å². The lowest BCUT2D eigenvalue weighted by Crippen LogP contribution is -2.50. The molecule has 1 aromatic carbocycles. The lowest BCUT2D eigenvalue weighted by atomic mass is 10.1. The number of ether oxygens (including phenoxy) is 3. The molecule has 2 aliphatic heterocycles. The molecule has 0 spiro atoms. The van der Waals surface area contributed by atoms with Crippen molar-refractivity contribution in [2.75, 3.05) is 60.1 Å². The van der Waals surface area contributed by atoms with Crippen molar-refractivity contribution >= 4 is 5.91 Å². The van der Waals surface area contributed by atoms with Gasteiger partial charge in [0.25, 0.3) is 0 Å². The van der Waals surface area contributed by atoms with E-state index in [1.807, 2.05) is 23.1 Å². The zero-order valence-corrected chi connectivity index (χ0v) is 16.4. The van der Waals surface area contributed by atoms with Crippen LogP contribution in [0.2, 0.25) is 0 Å². The van der Waals surface area contributed by atoms with Crippen LogP contribution < -0.4 is 14.8 Å². The summed E-state index contributed by atoms with van der Waals surface area (Å²) in [5, 5.41) is 3.24. The predicted molar refractivity (Wildman–Crippen MR) is 103 cm³/mol. The minimum atomic E-state index is 0.173. The van der Waals surface area contributed by atoms with Crippen LogP contribution in [-0.2, 0) is 16.1 Å². The maximum Gasteiger partial charge on any atom is 0.236 e. The highest BCUT2D eigenvalue weighted by Gasteiger charge is 2.22. The van der Waals surface area contributed by atoms with Gasteiger partial charge in [-0.2, -0.15) is 0 Å². The molecule has 1 unspecified atom stereocenters. The smallest absolute Gasteiger partial charge is 0.236 e. The molecule has 27 heavy (non-hydrogen) atoms. The molecule has 150 valence electrons. The molecule has 1 amide bonds. The molecule has 2 heterocycles. The highest BCUT2D eigenvalue weighted by Crippen LogP contribution is 2.25. The number of methoxy groups -OCH3 is 2. The number of carbonyl (C=O) groups excluding carboxylic acids is 1. The van der Waals surface area contributed by atoms with Crippen molar-refractivity contribution < 1.29 is 19.0 Å². The first-order valence-corrected chi connectivity index (χ1v) is 9.73. The second kappa shape index (κ2) is 9.92. The van der Waals surface area contributed by atoms with E-state index < -0.39 is 0 Å². The van der Waals surface area contributed by atoms with Gasteiger partial charge in [-0.3, -0.25) is 9.69 Å². The Morgan fingerprint density at radius 1 is 1.22 bits per heavy atom. The van der Waals surface area contributed by atoms with E-state index in [-0.39, 0.29) is 12.0 Å². The maximum absolute atomic E-state index is 12.4. The van der Waals surface area contributed by atoms with E-state index >= 15 is 0 Å². The molecule has 2 saturated heterocycles. The number of piperazine rings is 1. The SMILES string of the molecule is COc1ccc(OC)c(CN2CCN(C(=O)CNCC3CCCO3)CC2)c1. The quantitative estimate of drug-likeness (QED) is 0.733. The number of benzene rings is 1. The van der Waals surface area contributed by atoms with Gasteiger partial charge in [0.2, 0.25) is 5.91 Å². The van der Waals surface area contributed by atoms with Crippen LogP contribution in [-0.4, -0.2) is 81.9 Å². The van der Waals surface area contributed by atoms with Gasteiger partial charge >= 0.3 is 0 Å². The first kappa shape index (κ1) is 19.9. The molecule has 1 N–H and O–H groups in total. The van der Waals surface area contributed by atoms with E-state index in [1.54, 1.807) is 14.2 Å². The molecule has 7 heteroatoms. The van der Waals surface area contributed by atoms with Crippen LogP contribution in [0.3, 0.4) is 0 Å². The normalized spacial score (nSPS) is 20.7. The third-order valence-electron chi connectivity index (χ3n) is 5.28. The summed E-state index contributed by atoms with van der Waals surface area (Å²) in [5.74, 6) is 1.87. The van der Waals surface area contributed by atoms with E-state index in [0.29, 0.717) is 6.54 Å². The van der Waals surface area contributed by atoms with Crippen LogP contribution in [0, 0.1) is 0 Å². The molecule has 0 saturated carbocycles. The molecule has 7 nitrogen and oxygen atoms in total. The van der Waals surface area contributed by atoms with Crippen molar-refractivity contribution in [3.63, 3.8) is 0 Å². The van der Waals surface area contributed by atoms with Crippen molar-refractivity contribution in [3.05, 3.63) is 23.8 Å². The minimum Gasteiger partial charge on any atom is -0.497 e. The first-order valence-electron chi connectivity index (χ1n) is 9.73. The third-order valence-corrected chi connectivity index (χ3v) is 5.28. The van der Waals surface area contributed by atoms with Gasteiger partial charge in [0.1, 0.15) is 11.5 Å². The number of nitrogens with zero attached hydrogens (tertiary/aromatic N) is 2. The molecule has 2 fully saturated rings. The molecule has 0 aliphatic carbocycles. The molecule has 2 aliphatic rings. The van der Waals surface area contributed by atoms with Crippen molar-refractivity contribution in [3.8, 4) is 11.5 Å². The van der Waals surface area contributed by atoms with E-state index in [1.165, 1.54) is 0 Å². The standard InChI is InChI=1S/C20H31N3O4/c1-25-17-5-6-19(26-2)16(12-17)15-22-7-9-23(10-8-22)20(24)14-21-13-18-4-3-11-27-18/h5-6,12,18,21H,3-4,7-11,13-15H2,1-2H3. The predicted octanol–water partition coefficient (Wildman–Crippen LogP) is 1.12. The van der Waals surface area contributed by atoms with Gasteiger partial charge in [-0.25, -0.2) is 0 Å². The van der Waals surface area contributed by atoms with Crippen LogP contribution in [0.4, 0.5) is 0 Å². The first-order chi connectivity index (χ1) is 13.2. The van der Waals surface area contributed by atoms with E-state index in [2.05, 4.69) is 10.2 Å². The second-order valence-corrected chi connectivity index (χ2v) is 7.10. The number of rotatable bonds is 8. The molecular weight excluding hydrogens is 346 g/mol. The van der Waals surface area contributed by atoms with Crippen LogP contribution in [0.1, 0.15) is 18.4 Å². The lowest BCUT2D eigenvalue weighted by molar-refractivity contribution is -0.132. The summed E-state index contributed by atoms with van der Waals surface area (Å²) in [6, 6.07) is 5.86. The van der Waals surface area contributed by atoms with Gasteiger partial charge in [-0.1, -0.05) is 0 Å². The van der Waals surface area contributed by atoms with Gasteiger partial charge in [0, 0.05) is 51.4 Å². The Kier molecular flexibility index (Phi) is 7.32. The van der Waals surface area contributed by atoms with Crippen molar-refractivity contribution in [1.82, 2.24) is 15.1 Å². The summed E-state index contributed by atoms with van der Waals surface area (Å²) < 4.78 is 16.4. The zero-order chi connectivity index (χ0) is 19.1. The zero-order valence-electron chi connectivity index (χ0n) is 16.4. The lowest BCUT2D eigenvalue weighted by Gasteiger charge is -2.35. The van der Waals surface area contributed by atoms with Crippen molar-refractivity contribution in [2.45, 2.75) is 25.5 Å². The van der Waals surface area contributed by atoms with Gasteiger partial charge in [0.15, 0.2) is 0 Å². The van der Waals surface area contributed by atoms with Crippen LogP contribution >= 0.6 is 0 Å². The summed E-state index contributed by atoms with van der Waals surface area (Å²) in [6.45, 7) is 6.03. The van der Waals surface area contributed by atoms with Crippen molar-refractivity contribution in [2.24, 2.45) is 0 Å². The Morgan fingerprint density at radius 2 is 2.04 bits per heavy atom. The van der Waals surface area contributed by atoms with Gasteiger partial charge < -0.3 is 24.4 Å².